The molecule has 0 radical (unpaired) electrons. The molecule has 0 fully saturated rings. The number of nitrogens with one attached hydrogen (secondary N) is 2. The molecule has 0 spiro atoms. The van der Waals surface area contributed by atoms with Crippen molar-refractivity contribution in [3.05, 3.63) is 34.9 Å². The highest BCUT2D eigenvalue weighted by molar-refractivity contribution is 6.30. The lowest BCUT2D eigenvalue weighted by Crippen LogP contribution is -2.10. The lowest BCUT2D eigenvalue weighted by Gasteiger charge is -2.05. The molecule has 2 rings (SSSR count). The molecule has 0 aliphatic rings. The van der Waals surface area contributed by atoms with Crippen LogP contribution < -0.4 is 10.7 Å². The second kappa shape index (κ2) is 14.7. The molecule has 7 nitrogen and oxygen atoms in total. The van der Waals surface area contributed by atoms with Crippen molar-refractivity contribution in [2.75, 3.05) is 17.3 Å². The van der Waals surface area contributed by atoms with E-state index in [1.54, 1.807) is 0 Å². The largest absolute Gasteiger partial charge is 0.352 e. The summed E-state index contributed by atoms with van der Waals surface area (Å²) in [5, 5.41) is 24.2. The van der Waals surface area contributed by atoms with E-state index in [2.05, 4.69) is 43.2 Å². The summed E-state index contributed by atoms with van der Waals surface area (Å²) in [6.07, 6.45) is 13.2. The van der Waals surface area contributed by atoms with Gasteiger partial charge in [0.05, 0.1) is 5.71 Å². The molecule has 164 valence electrons. The minimum atomic E-state index is 0.257. The molecule has 0 aliphatic carbocycles. The SMILES string of the molecule is CCCCCCCCCCCCNc1nnc(NN=C(C)c2ccc(Cl)cc2)nn1. The van der Waals surface area contributed by atoms with Crippen molar-refractivity contribution in [3.8, 4) is 0 Å². The number of hydrogen-bond acceptors (Lipinski definition) is 7. The molecule has 0 saturated heterocycles. The van der Waals surface area contributed by atoms with Gasteiger partial charge in [0, 0.05) is 11.6 Å². The average Bonchev–Trinajstić information content (AvgIpc) is 2.77. The second-order valence-corrected chi connectivity index (χ2v) is 7.91. The standard InChI is InChI=1S/C22H34ClN7/c1-3-4-5-6-7-8-9-10-11-12-17-24-21-26-29-22(30-27-21)28-25-18(2)19-13-15-20(23)16-14-19/h13-16H,3-12,17H2,1-2H3,(H,24,26,27)(H,28,29,30). The van der Waals surface area contributed by atoms with Crippen LogP contribution in [-0.4, -0.2) is 32.7 Å². The van der Waals surface area contributed by atoms with Gasteiger partial charge in [-0.25, -0.2) is 5.43 Å². The van der Waals surface area contributed by atoms with Crippen LogP contribution in [-0.2, 0) is 0 Å². The third-order valence-electron chi connectivity index (χ3n) is 4.88. The summed E-state index contributed by atoms with van der Waals surface area (Å²) >= 11 is 5.90. The Balaban J connectivity index is 1.57. The van der Waals surface area contributed by atoms with Crippen LogP contribution in [0.3, 0.4) is 0 Å². The molecule has 2 N–H and O–H groups in total. The summed E-state index contributed by atoms with van der Waals surface area (Å²) in [7, 11) is 0. The van der Waals surface area contributed by atoms with Crippen LogP contribution in [0, 0.1) is 0 Å². The summed E-state index contributed by atoms with van der Waals surface area (Å²) in [6, 6.07) is 7.46. The smallest absolute Gasteiger partial charge is 0.282 e. The van der Waals surface area contributed by atoms with E-state index in [1.165, 1.54) is 57.8 Å². The van der Waals surface area contributed by atoms with Crippen LogP contribution in [0.1, 0.15) is 83.6 Å². The van der Waals surface area contributed by atoms with Gasteiger partial charge in [0.1, 0.15) is 0 Å². The lowest BCUT2D eigenvalue weighted by molar-refractivity contribution is 0.559. The maximum Gasteiger partial charge on any atom is 0.282 e. The van der Waals surface area contributed by atoms with E-state index in [1.807, 2.05) is 31.2 Å². The zero-order valence-corrected chi connectivity index (χ0v) is 19.0. The predicted octanol–water partition coefficient (Wildman–Crippen LogP) is 6.09. The molecule has 0 unspecified atom stereocenters. The van der Waals surface area contributed by atoms with E-state index in [0.29, 0.717) is 11.0 Å². The van der Waals surface area contributed by atoms with Gasteiger partial charge in [0.15, 0.2) is 0 Å². The molecule has 0 amide bonds. The number of nitrogens with zero attached hydrogens (tertiary/aromatic N) is 5. The lowest BCUT2D eigenvalue weighted by atomic mass is 10.1. The van der Waals surface area contributed by atoms with Gasteiger partial charge >= 0.3 is 0 Å². The van der Waals surface area contributed by atoms with Gasteiger partial charge in [-0.2, -0.15) is 5.10 Å². The summed E-state index contributed by atoms with van der Waals surface area (Å²) in [4.78, 5) is 0. The van der Waals surface area contributed by atoms with E-state index in [0.717, 1.165) is 24.2 Å². The highest BCUT2D eigenvalue weighted by atomic mass is 35.5. The number of halogens is 1. The molecule has 0 atom stereocenters. The summed E-state index contributed by atoms with van der Waals surface area (Å²) < 4.78 is 0. The van der Waals surface area contributed by atoms with Crippen molar-refractivity contribution in [2.24, 2.45) is 5.10 Å². The Bertz CT molecular complexity index is 732. The van der Waals surface area contributed by atoms with Crippen LogP contribution in [0.15, 0.2) is 29.4 Å². The number of hydrazone groups is 1. The van der Waals surface area contributed by atoms with Crippen LogP contribution in [0.25, 0.3) is 0 Å². The van der Waals surface area contributed by atoms with Gasteiger partial charge in [-0.15, -0.1) is 20.4 Å². The third kappa shape index (κ3) is 9.96. The topological polar surface area (TPSA) is 88.0 Å². The second-order valence-electron chi connectivity index (χ2n) is 7.47. The van der Waals surface area contributed by atoms with E-state index in [9.17, 15) is 0 Å². The third-order valence-corrected chi connectivity index (χ3v) is 5.13. The molecule has 30 heavy (non-hydrogen) atoms. The molecular weight excluding hydrogens is 398 g/mol. The predicted molar refractivity (Wildman–Crippen MR) is 125 cm³/mol. The summed E-state index contributed by atoms with van der Waals surface area (Å²) in [5.74, 6) is 0.697. The first kappa shape index (κ1) is 24.0. The zero-order chi connectivity index (χ0) is 21.4. The minimum Gasteiger partial charge on any atom is -0.352 e. The van der Waals surface area contributed by atoms with Crippen molar-refractivity contribution in [1.29, 1.82) is 0 Å². The molecule has 0 aliphatic heterocycles. The van der Waals surface area contributed by atoms with Crippen molar-refractivity contribution in [1.82, 2.24) is 20.4 Å². The quantitative estimate of drug-likeness (QED) is 0.201. The fraction of sp³-hybridized carbons (Fsp3) is 0.591. The first-order valence-electron chi connectivity index (χ1n) is 11.1. The molecule has 8 heteroatoms. The van der Waals surface area contributed by atoms with Gasteiger partial charge in [-0.1, -0.05) is 88.4 Å². The van der Waals surface area contributed by atoms with Crippen LogP contribution in [0.4, 0.5) is 11.9 Å². The highest BCUT2D eigenvalue weighted by Crippen LogP contribution is 2.11. The fourth-order valence-corrected chi connectivity index (χ4v) is 3.17. The number of aromatic nitrogens is 4. The number of benzene rings is 1. The molecule has 1 aromatic heterocycles. The van der Waals surface area contributed by atoms with Gasteiger partial charge in [0.2, 0.25) is 0 Å². The Morgan fingerprint density at radius 3 is 1.93 bits per heavy atom. The fourth-order valence-electron chi connectivity index (χ4n) is 3.05. The Morgan fingerprint density at radius 2 is 1.33 bits per heavy atom. The maximum absolute atomic E-state index is 5.90. The Hall–Kier alpha value is -2.28. The maximum atomic E-state index is 5.90. The number of unbranched alkanes of at least 4 members (excludes halogenated alkanes) is 9. The van der Waals surface area contributed by atoms with E-state index in [-0.39, 0.29) is 5.95 Å². The first-order valence-corrected chi connectivity index (χ1v) is 11.4. The van der Waals surface area contributed by atoms with Gasteiger partial charge in [0.25, 0.3) is 11.9 Å². The normalized spacial score (nSPS) is 11.5. The summed E-state index contributed by atoms with van der Waals surface area (Å²) in [5.41, 5.74) is 4.53. The minimum absolute atomic E-state index is 0.257. The molecule has 0 saturated carbocycles. The number of rotatable bonds is 15. The molecule has 0 bridgehead atoms. The van der Waals surface area contributed by atoms with Gasteiger partial charge in [-0.3, -0.25) is 0 Å². The van der Waals surface area contributed by atoms with Crippen LogP contribution in [0.5, 0.6) is 0 Å². The Labute approximate surface area is 185 Å². The monoisotopic (exact) mass is 431 g/mol. The van der Waals surface area contributed by atoms with Crippen LogP contribution in [0.2, 0.25) is 5.02 Å². The van der Waals surface area contributed by atoms with E-state index >= 15 is 0 Å². The molecule has 1 heterocycles. The molecule has 1 aromatic carbocycles. The van der Waals surface area contributed by atoms with Crippen LogP contribution >= 0.6 is 11.6 Å². The number of anilines is 2. The molecule has 2 aromatic rings. The summed E-state index contributed by atoms with van der Waals surface area (Å²) in [6.45, 7) is 4.98. The van der Waals surface area contributed by atoms with Gasteiger partial charge < -0.3 is 5.32 Å². The molecular formula is C22H34ClN7. The Morgan fingerprint density at radius 1 is 0.800 bits per heavy atom. The average molecular weight is 432 g/mol. The van der Waals surface area contributed by atoms with Crippen molar-refractivity contribution >= 4 is 29.2 Å². The van der Waals surface area contributed by atoms with Crippen molar-refractivity contribution in [3.63, 3.8) is 0 Å². The Kier molecular flexibility index (Phi) is 11.7. The van der Waals surface area contributed by atoms with E-state index in [4.69, 9.17) is 11.6 Å². The zero-order valence-electron chi connectivity index (χ0n) is 18.2. The first-order chi connectivity index (χ1) is 14.7. The highest BCUT2D eigenvalue weighted by Gasteiger charge is 2.02. The van der Waals surface area contributed by atoms with Crippen molar-refractivity contribution in [2.45, 2.75) is 78.1 Å². The number of hydrogen-bond donors (Lipinski definition) is 2. The van der Waals surface area contributed by atoms with Crippen molar-refractivity contribution < 1.29 is 0 Å². The van der Waals surface area contributed by atoms with Gasteiger partial charge in [-0.05, 0) is 31.0 Å². The van der Waals surface area contributed by atoms with E-state index < -0.39 is 0 Å².